The first-order valence-corrected chi connectivity index (χ1v) is 6.61. The third-order valence-electron chi connectivity index (χ3n) is 2.92. The standard InChI is InChI=1S/C15H16ClN3O/c1-17-14-9-12(6-7-18-14)15(20)19(2)10-11-4-3-5-13(16)8-11/h3-9H,10H2,1-2H3,(H,17,18). The molecule has 1 N–H and O–H groups in total. The van der Waals surface area contributed by atoms with Crippen LogP contribution in [0.2, 0.25) is 5.02 Å². The summed E-state index contributed by atoms with van der Waals surface area (Å²) in [5, 5.41) is 3.59. The monoisotopic (exact) mass is 289 g/mol. The second kappa shape index (κ2) is 6.39. The summed E-state index contributed by atoms with van der Waals surface area (Å²) in [4.78, 5) is 18.1. The second-order valence-corrected chi connectivity index (χ2v) is 4.91. The zero-order chi connectivity index (χ0) is 14.5. The number of amides is 1. The summed E-state index contributed by atoms with van der Waals surface area (Å²) in [6.45, 7) is 0.511. The van der Waals surface area contributed by atoms with E-state index >= 15 is 0 Å². The van der Waals surface area contributed by atoms with Gasteiger partial charge in [-0.3, -0.25) is 4.79 Å². The minimum absolute atomic E-state index is 0.0520. The van der Waals surface area contributed by atoms with Gasteiger partial charge >= 0.3 is 0 Å². The quantitative estimate of drug-likeness (QED) is 0.941. The Kier molecular flexibility index (Phi) is 4.58. The van der Waals surface area contributed by atoms with Crippen LogP contribution < -0.4 is 5.32 Å². The fourth-order valence-corrected chi connectivity index (χ4v) is 2.11. The van der Waals surface area contributed by atoms with Crippen LogP contribution in [0.5, 0.6) is 0 Å². The molecule has 0 aliphatic rings. The molecule has 0 atom stereocenters. The van der Waals surface area contributed by atoms with Gasteiger partial charge in [0.1, 0.15) is 5.82 Å². The second-order valence-electron chi connectivity index (χ2n) is 4.47. The number of carbonyl (C=O) groups excluding carboxylic acids is 1. The van der Waals surface area contributed by atoms with Crippen molar-refractivity contribution >= 4 is 23.3 Å². The van der Waals surface area contributed by atoms with E-state index in [0.717, 1.165) is 5.56 Å². The lowest BCUT2D eigenvalue weighted by molar-refractivity contribution is 0.0785. The first-order valence-electron chi connectivity index (χ1n) is 6.24. The van der Waals surface area contributed by atoms with Gasteiger partial charge in [-0.15, -0.1) is 0 Å². The van der Waals surface area contributed by atoms with Crippen molar-refractivity contribution in [3.05, 3.63) is 58.7 Å². The van der Waals surface area contributed by atoms with Crippen LogP contribution in [0, 0.1) is 0 Å². The topological polar surface area (TPSA) is 45.2 Å². The van der Waals surface area contributed by atoms with Crippen LogP contribution in [0.25, 0.3) is 0 Å². The Morgan fingerprint density at radius 1 is 1.35 bits per heavy atom. The van der Waals surface area contributed by atoms with Crippen LogP contribution in [-0.2, 0) is 6.54 Å². The van der Waals surface area contributed by atoms with Gasteiger partial charge in [0, 0.05) is 37.4 Å². The van der Waals surface area contributed by atoms with Crippen molar-refractivity contribution in [2.75, 3.05) is 19.4 Å². The summed E-state index contributed by atoms with van der Waals surface area (Å²) < 4.78 is 0. The van der Waals surface area contributed by atoms with Crippen LogP contribution in [0.3, 0.4) is 0 Å². The molecule has 0 aliphatic heterocycles. The third kappa shape index (κ3) is 3.48. The molecule has 0 saturated carbocycles. The molecule has 2 rings (SSSR count). The van der Waals surface area contributed by atoms with Crippen molar-refractivity contribution in [1.29, 1.82) is 0 Å². The maximum atomic E-state index is 12.3. The molecule has 1 amide bonds. The molecule has 1 aromatic heterocycles. The van der Waals surface area contributed by atoms with Crippen LogP contribution >= 0.6 is 11.6 Å². The molecule has 0 radical (unpaired) electrons. The van der Waals surface area contributed by atoms with Crippen molar-refractivity contribution in [2.45, 2.75) is 6.54 Å². The van der Waals surface area contributed by atoms with Gasteiger partial charge in [-0.2, -0.15) is 0 Å². The first-order chi connectivity index (χ1) is 9.60. The number of anilines is 1. The largest absolute Gasteiger partial charge is 0.373 e. The Morgan fingerprint density at radius 2 is 2.15 bits per heavy atom. The molecule has 104 valence electrons. The fourth-order valence-electron chi connectivity index (χ4n) is 1.90. The number of halogens is 1. The van der Waals surface area contributed by atoms with Crippen molar-refractivity contribution < 1.29 is 4.79 Å². The Balaban J connectivity index is 2.12. The molecule has 4 nitrogen and oxygen atoms in total. The normalized spacial score (nSPS) is 10.2. The fraction of sp³-hybridized carbons (Fsp3) is 0.200. The van der Waals surface area contributed by atoms with Crippen molar-refractivity contribution in [3.8, 4) is 0 Å². The van der Waals surface area contributed by atoms with Crippen molar-refractivity contribution in [1.82, 2.24) is 9.88 Å². The summed E-state index contributed by atoms with van der Waals surface area (Å²) in [7, 11) is 3.54. The smallest absolute Gasteiger partial charge is 0.254 e. The zero-order valence-corrected chi connectivity index (χ0v) is 12.2. The van der Waals surface area contributed by atoms with E-state index in [1.165, 1.54) is 0 Å². The molecule has 0 unspecified atom stereocenters. The summed E-state index contributed by atoms with van der Waals surface area (Å²) in [6, 6.07) is 10.9. The lowest BCUT2D eigenvalue weighted by atomic mass is 10.2. The van der Waals surface area contributed by atoms with E-state index in [2.05, 4.69) is 10.3 Å². The number of nitrogens with one attached hydrogen (secondary N) is 1. The van der Waals surface area contributed by atoms with Gasteiger partial charge in [0.05, 0.1) is 0 Å². The first kappa shape index (κ1) is 14.3. The predicted molar refractivity (Wildman–Crippen MR) is 81.0 cm³/mol. The highest BCUT2D eigenvalue weighted by Crippen LogP contribution is 2.14. The van der Waals surface area contributed by atoms with E-state index in [9.17, 15) is 4.79 Å². The van der Waals surface area contributed by atoms with E-state index in [0.29, 0.717) is 22.9 Å². The van der Waals surface area contributed by atoms with Gasteiger partial charge in [0.2, 0.25) is 0 Å². The van der Waals surface area contributed by atoms with Crippen LogP contribution in [-0.4, -0.2) is 29.9 Å². The van der Waals surface area contributed by atoms with Gasteiger partial charge in [0.15, 0.2) is 0 Å². The Hall–Kier alpha value is -2.07. The van der Waals surface area contributed by atoms with Crippen molar-refractivity contribution in [2.24, 2.45) is 0 Å². The Bertz CT molecular complexity index is 616. The molecule has 1 heterocycles. The van der Waals surface area contributed by atoms with Gasteiger partial charge in [-0.05, 0) is 29.8 Å². The lowest BCUT2D eigenvalue weighted by Crippen LogP contribution is -2.26. The molecule has 1 aromatic carbocycles. The number of carbonyl (C=O) groups is 1. The minimum Gasteiger partial charge on any atom is -0.373 e. The predicted octanol–water partition coefficient (Wildman–Crippen LogP) is 3.05. The number of benzene rings is 1. The summed E-state index contributed by atoms with van der Waals surface area (Å²) in [6.07, 6.45) is 1.62. The SMILES string of the molecule is CNc1cc(C(=O)N(C)Cc2cccc(Cl)c2)ccn1. The third-order valence-corrected chi connectivity index (χ3v) is 3.15. The van der Waals surface area contributed by atoms with Crippen LogP contribution in [0.4, 0.5) is 5.82 Å². The van der Waals surface area contributed by atoms with Gasteiger partial charge in [0.25, 0.3) is 5.91 Å². The Morgan fingerprint density at radius 3 is 2.85 bits per heavy atom. The molecular weight excluding hydrogens is 274 g/mol. The minimum atomic E-state index is -0.0520. The highest BCUT2D eigenvalue weighted by atomic mass is 35.5. The summed E-state index contributed by atoms with van der Waals surface area (Å²) in [5.74, 6) is 0.621. The van der Waals surface area contributed by atoms with E-state index < -0.39 is 0 Å². The van der Waals surface area contributed by atoms with Crippen LogP contribution in [0.15, 0.2) is 42.6 Å². The number of hydrogen-bond acceptors (Lipinski definition) is 3. The number of pyridine rings is 1. The highest BCUT2D eigenvalue weighted by Gasteiger charge is 2.12. The van der Waals surface area contributed by atoms with Gasteiger partial charge in [-0.1, -0.05) is 23.7 Å². The van der Waals surface area contributed by atoms with Crippen LogP contribution in [0.1, 0.15) is 15.9 Å². The molecular formula is C15H16ClN3O. The highest BCUT2D eigenvalue weighted by molar-refractivity contribution is 6.30. The van der Waals surface area contributed by atoms with Gasteiger partial charge < -0.3 is 10.2 Å². The molecule has 0 spiro atoms. The molecule has 0 aliphatic carbocycles. The maximum Gasteiger partial charge on any atom is 0.254 e. The van der Waals surface area contributed by atoms with E-state index in [-0.39, 0.29) is 5.91 Å². The van der Waals surface area contributed by atoms with Gasteiger partial charge in [-0.25, -0.2) is 4.98 Å². The average Bonchev–Trinajstić information content (AvgIpc) is 2.46. The molecule has 20 heavy (non-hydrogen) atoms. The molecule has 0 bridgehead atoms. The number of rotatable bonds is 4. The maximum absolute atomic E-state index is 12.3. The Labute approximate surface area is 123 Å². The number of hydrogen-bond donors (Lipinski definition) is 1. The molecule has 5 heteroatoms. The number of nitrogens with zero attached hydrogens (tertiary/aromatic N) is 2. The lowest BCUT2D eigenvalue weighted by Gasteiger charge is -2.17. The van der Waals surface area contributed by atoms with E-state index in [1.54, 1.807) is 37.3 Å². The average molecular weight is 290 g/mol. The summed E-state index contributed by atoms with van der Waals surface area (Å²) in [5.41, 5.74) is 1.60. The van der Waals surface area contributed by atoms with E-state index in [1.807, 2.05) is 24.3 Å². The summed E-state index contributed by atoms with van der Waals surface area (Å²) >= 11 is 5.94. The zero-order valence-electron chi connectivity index (χ0n) is 11.4. The molecule has 0 saturated heterocycles. The molecule has 2 aromatic rings. The molecule has 0 fully saturated rings. The van der Waals surface area contributed by atoms with E-state index in [4.69, 9.17) is 11.6 Å². The van der Waals surface area contributed by atoms with Crippen molar-refractivity contribution in [3.63, 3.8) is 0 Å². The number of aromatic nitrogens is 1.